The zero-order valence-corrected chi connectivity index (χ0v) is 22.9. The third-order valence-corrected chi connectivity index (χ3v) is 7.67. The number of carbonyl (C=O) groups excluding carboxylic acids is 2. The molecule has 1 amide bonds. The maximum Gasteiger partial charge on any atom is 0.411 e. The first kappa shape index (κ1) is 26.4. The Balaban J connectivity index is 1.28. The first-order valence-electron chi connectivity index (χ1n) is 12.3. The maximum absolute atomic E-state index is 12.6. The van der Waals surface area contributed by atoms with Gasteiger partial charge in [0.1, 0.15) is 6.10 Å². The molecule has 4 aromatic rings. The van der Waals surface area contributed by atoms with Crippen LogP contribution in [0.5, 0.6) is 5.75 Å². The fraction of sp³-hybridized carbons (Fsp3) is 0.241. The predicted molar refractivity (Wildman–Crippen MR) is 151 cm³/mol. The Morgan fingerprint density at radius 2 is 1.66 bits per heavy atom. The lowest BCUT2D eigenvalue weighted by Gasteiger charge is -2.12. The molecular weight excluding hydrogens is 547 g/mol. The number of nitrogens with one attached hydrogen (secondary N) is 1. The average molecular weight is 572 g/mol. The Bertz CT molecular complexity index is 1510. The van der Waals surface area contributed by atoms with E-state index in [9.17, 15) is 9.59 Å². The summed E-state index contributed by atoms with van der Waals surface area (Å²) < 4.78 is 13.0. The van der Waals surface area contributed by atoms with E-state index in [0.29, 0.717) is 17.7 Å². The second-order valence-corrected chi connectivity index (χ2v) is 10.6. The van der Waals surface area contributed by atoms with Crippen LogP contribution in [0.1, 0.15) is 47.2 Å². The summed E-state index contributed by atoms with van der Waals surface area (Å²) in [5.74, 6) is -0.412. The third-order valence-electron chi connectivity index (χ3n) is 6.66. The molecular formula is C29H25Cl3N2O4. The molecule has 1 saturated carbocycles. The smallest absolute Gasteiger partial charge is 0.411 e. The maximum atomic E-state index is 12.6. The van der Waals surface area contributed by atoms with Crippen LogP contribution < -0.4 is 10.1 Å². The molecule has 0 spiro atoms. The molecule has 0 atom stereocenters. The van der Waals surface area contributed by atoms with E-state index in [2.05, 4.69) is 16.1 Å². The van der Waals surface area contributed by atoms with E-state index in [1.54, 1.807) is 12.1 Å². The van der Waals surface area contributed by atoms with Crippen molar-refractivity contribution in [2.45, 2.75) is 38.2 Å². The summed E-state index contributed by atoms with van der Waals surface area (Å²) in [4.78, 5) is 25.0. The van der Waals surface area contributed by atoms with Crippen LogP contribution in [0.3, 0.4) is 0 Å². The minimum atomic E-state index is -0.554. The topological polar surface area (TPSA) is 69.6 Å². The fourth-order valence-corrected chi connectivity index (χ4v) is 5.29. The van der Waals surface area contributed by atoms with Crippen molar-refractivity contribution < 1.29 is 19.1 Å². The van der Waals surface area contributed by atoms with Crippen molar-refractivity contribution in [3.8, 4) is 5.75 Å². The molecule has 1 aliphatic carbocycles. The number of esters is 1. The Morgan fingerprint density at radius 3 is 2.39 bits per heavy atom. The van der Waals surface area contributed by atoms with Crippen molar-refractivity contribution in [3.63, 3.8) is 0 Å². The standard InChI is InChI=1S/C29H25Cl3N2O4/c1-34-16-19(22-13-20(10-11-26(22)34)33-29(36)37-21-4-2-3-5-21)12-17-6-8-18(9-7-17)28(35)38-27-15-24(31)23(30)14-25(27)32/h6-11,13-16,21H,2-5,12H2,1H3,(H,33,36). The van der Waals surface area contributed by atoms with Gasteiger partial charge in [-0.1, -0.05) is 46.9 Å². The molecule has 9 heteroatoms. The van der Waals surface area contributed by atoms with Gasteiger partial charge >= 0.3 is 12.1 Å². The van der Waals surface area contributed by atoms with Gasteiger partial charge in [0, 0.05) is 35.9 Å². The number of nitrogens with zero attached hydrogens (tertiary/aromatic N) is 1. The number of halogens is 3. The Labute approximate surface area is 235 Å². The monoisotopic (exact) mass is 570 g/mol. The van der Waals surface area contributed by atoms with Crippen molar-refractivity contribution in [1.29, 1.82) is 0 Å². The molecule has 0 saturated heterocycles. The van der Waals surface area contributed by atoms with Crippen LogP contribution in [0.25, 0.3) is 10.9 Å². The Morgan fingerprint density at radius 1 is 0.947 bits per heavy atom. The van der Waals surface area contributed by atoms with Gasteiger partial charge in [0.15, 0.2) is 5.75 Å². The molecule has 1 heterocycles. The summed E-state index contributed by atoms with van der Waals surface area (Å²) in [6, 6.07) is 15.9. The second kappa shape index (κ2) is 11.3. The average Bonchev–Trinajstić information content (AvgIpc) is 3.50. The lowest BCUT2D eigenvalue weighted by molar-refractivity contribution is 0.0734. The van der Waals surface area contributed by atoms with Crippen molar-refractivity contribution in [2.75, 3.05) is 5.32 Å². The largest absolute Gasteiger partial charge is 0.446 e. The zero-order chi connectivity index (χ0) is 26.8. The Hall–Kier alpha value is -3.19. The number of carbonyl (C=O) groups is 2. The highest BCUT2D eigenvalue weighted by molar-refractivity contribution is 6.43. The molecule has 0 radical (unpaired) electrons. The van der Waals surface area contributed by atoms with Crippen molar-refractivity contribution in [3.05, 3.63) is 92.6 Å². The molecule has 1 aliphatic rings. The van der Waals surface area contributed by atoms with Crippen molar-refractivity contribution in [2.24, 2.45) is 7.05 Å². The number of rotatable bonds is 6. The SMILES string of the molecule is Cn1cc(Cc2ccc(C(=O)Oc3cc(Cl)c(Cl)cc3Cl)cc2)c2cc(NC(=O)OC3CCCC3)ccc21. The number of aryl methyl sites for hydroxylation is 1. The molecule has 0 unspecified atom stereocenters. The number of anilines is 1. The van der Waals surface area contributed by atoms with Crippen molar-refractivity contribution in [1.82, 2.24) is 4.57 Å². The van der Waals surface area contributed by atoms with Crippen LogP contribution in [0.2, 0.25) is 15.1 Å². The van der Waals surface area contributed by atoms with Gasteiger partial charge in [-0.15, -0.1) is 0 Å². The van der Waals surface area contributed by atoms with E-state index < -0.39 is 12.1 Å². The molecule has 1 fully saturated rings. The lowest BCUT2D eigenvalue weighted by atomic mass is 10.0. The summed E-state index contributed by atoms with van der Waals surface area (Å²) in [6.45, 7) is 0. The summed E-state index contributed by atoms with van der Waals surface area (Å²) in [5.41, 5.74) is 4.22. The number of hydrogen-bond acceptors (Lipinski definition) is 4. The van der Waals surface area contributed by atoms with Gasteiger partial charge in [0.2, 0.25) is 0 Å². The number of fused-ring (bicyclic) bond motifs is 1. The summed E-state index contributed by atoms with van der Waals surface area (Å²) in [7, 11) is 1.99. The van der Waals surface area contributed by atoms with Gasteiger partial charge in [-0.2, -0.15) is 0 Å². The molecule has 1 aromatic heterocycles. The van der Waals surface area contributed by atoms with Gasteiger partial charge in [-0.25, -0.2) is 9.59 Å². The number of aromatic nitrogens is 1. The first-order valence-corrected chi connectivity index (χ1v) is 13.4. The second-order valence-electron chi connectivity index (χ2n) is 9.39. The summed E-state index contributed by atoms with van der Waals surface area (Å²) in [5, 5.41) is 4.61. The summed E-state index contributed by atoms with van der Waals surface area (Å²) >= 11 is 18.1. The van der Waals surface area contributed by atoms with Gasteiger partial charge in [0.25, 0.3) is 0 Å². The lowest BCUT2D eigenvalue weighted by Crippen LogP contribution is -2.20. The van der Waals surface area contributed by atoms with Crippen LogP contribution in [-0.2, 0) is 18.2 Å². The van der Waals surface area contributed by atoms with E-state index in [-0.39, 0.29) is 26.9 Å². The predicted octanol–water partition coefficient (Wildman–Crippen LogP) is 8.44. The van der Waals surface area contributed by atoms with Crippen LogP contribution in [0.4, 0.5) is 10.5 Å². The van der Waals surface area contributed by atoms with Gasteiger partial charge in [-0.3, -0.25) is 5.32 Å². The number of benzene rings is 3. The molecule has 1 N–H and O–H groups in total. The molecule has 5 rings (SSSR count). The summed E-state index contributed by atoms with van der Waals surface area (Å²) in [6.07, 6.45) is 6.35. The van der Waals surface area contributed by atoms with Crippen LogP contribution in [0.15, 0.2) is 60.8 Å². The fourth-order valence-electron chi connectivity index (χ4n) is 4.72. The molecule has 196 valence electrons. The Kier molecular flexibility index (Phi) is 7.84. The molecule has 0 bridgehead atoms. The highest BCUT2D eigenvalue weighted by atomic mass is 35.5. The van der Waals surface area contributed by atoms with Crippen LogP contribution in [0, 0.1) is 0 Å². The highest BCUT2D eigenvalue weighted by Gasteiger charge is 2.20. The molecule has 0 aliphatic heterocycles. The van der Waals surface area contributed by atoms with Gasteiger partial charge in [0.05, 0.1) is 20.6 Å². The molecule has 38 heavy (non-hydrogen) atoms. The number of hydrogen-bond donors (Lipinski definition) is 1. The van der Waals surface area contributed by atoms with E-state index in [1.165, 1.54) is 12.1 Å². The first-order chi connectivity index (χ1) is 18.3. The van der Waals surface area contributed by atoms with E-state index >= 15 is 0 Å². The van der Waals surface area contributed by atoms with Crippen molar-refractivity contribution >= 4 is 63.5 Å². The zero-order valence-electron chi connectivity index (χ0n) is 20.6. The quantitative estimate of drug-likeness (QED) is 0.143. The van der Waals surface area contributed by atoms with Crippen LogP contribution >= 0.6 is 34.8 Å². The molecule has 3 aromatic carbocycles. The minimum Gasteiger partial charge on any atom is -0.446 e. The molecule has 6 nitrogen and oxygen atoms in total. The third kappa shape index (κ3) is 5.93. The van der Waals surface area contributed by atoms with Crippen LogP contribution in [-0.4, -0.2) is 22.7 Å². The normalized spacial score (nSPS) is 13.6. The number of amides is 1. The van der Waals surface area contributed by atoms with E-state index in [1.807, 2.05) is 37.4 Å². The number of ether oxygens (including phenoxy) is 2. The highest BCUT2D eigenvalue weighted by Crippen LogP contribution is 2.34. The van der Waals surface area contributed by atoms with E-state index in [4.69, 9.17) is 44.3 Å². The van der Waals surface area contributed by atoms with E-state index in [0.717, 1.165) is 47.7 Å². The van der Waals surface area contributed by atoms with Gasteiger partial charge in [-0.05, 0) is 79.6 Å². The minimum absolute atomic E-state index is 0.00671. The van der Waals surface area contributed by atoms with Gasteiger partial charge < -0.3 is 14.0 Å².